The highest BCUT2D eigenvalue weighted by atomic mass is 127. The molecule has 1 heterocycles. The Labute approximate surface area is 188 Å². The molecule has 1 fully saturated rings. The molecular formula is C20H41IN4O3. The molecule has 1 aliphatic heterocycles. The second-order valence-electron chi connectivity index (χ2n) is 8.05. The van der Waals surface area contributed by atoms with Crippen molar-refractivity contribution in [1.29, 1.82) is 0 Å². The van der Waals surface area contributed by atoms with Crippen LogP contribution in [-0.2, 0) is 9.47 Å². The van der Waals surface area contributed by atoms with Gasteiger partial charge < -0.3 is 25.0 Å². The molecule has 0 aromatic rings. The van der Waals surface area contributed by atoms with Crippen LogP contribution in [0.25, 0.3) is 0 Å². The Morgan fingerprint density at radius 3 is 2.57 bits per heavy atom. The lowest BCUT2D eigenvalue weighted by molar-refractivity contribution is 0.0162. The number of unbranched alkanes of at least 4 members (excludes halogenated alkanes) is 1. The number of likely N-dealkylation sites (tertiary alicyclic amines) is 1. The molecule has 1 aliphatic rings. The monoisotopic (exact) mass is 512 g/mol. The zero-order chi connectivity index (χ0) is 20.1. The van der Waals surface area contributed by atoms with E-state index in [-0.39, 0.29) is 30.1 Å². The smallest absolute Gasteiger partial charge is 0.410 e. The van der Waals surface area contributed by atoms with Crippen LogP contribution < -0.4 is 10.6 Å². The zero-order valence-corrected chi connectivity index (χ0v) is 20.7. The number of aliphatic imine (C=N–C) groups is 1. The van der Waals surface area contributed by atoms with Crippen molar-refractivity contribution in [1.82, 2.24) is 15.5 Å². The molecule has 7 nitrogen and oxygen atoms in total. The number of nitrogens with zero attached hydrogens (tertiary/aromatic N) is 2. The van der Waals surface area contributed by atoms with Crippen LogP contribution in [-0.4, -0.2) is 69.0 Å². The van der Waals surface area contributed by atoms with Crippen molar-refractivity contribution in [3.05, 3.63) is 0 Å². The van der Waals surface area contributed by atoms with Crippen LogP contribution in [0.3, 0.4) is 0 Å². The van der Waals surface area contributed by atoms with Crippen molar-refractivity contribution in [3.8, 4) is 0 Å². The third-order valence-corrected chi connectivity index (χ3v) is 4.45. The summed E-state index contributed by atoms with van der Waals surface area (Å²) in [5.74, 6) is 1.34. The number of carbonyl (C=O) groups is 1. The molecule has 8 heteroatoms. The molecule has 1 amide bonds. The quantitative estimate of drug-likeness (QED) is 0.214. The van der Waals surface area contributed by atoms with Gasteiger partial charge in [0.25, 0.3) is 0 Å². The molecule has 28 heavy (non-hydrogen) atoms. The zero-order valence-electron chi connectivity index (χ0n) is 18.4. The van der Waals surface area contributed by atoms with Gasteiger partial charge in [-0.15, -0.1) is 24.0 Å². The number of ether oxygens (including phenoxy) is 2. The third kappa shape index (κ3) is 12.6. The van der Waals surface area contributed by atoms with Crippen LogP contribution in [0.15, 0.2) is 4.99 Å². The predicted octanol–water partition coefficient (Wildman–Crippen LogP) is 3.62. The number of hydrogen-bond donors (Lipinski definition) is 2. The molecule has 0 aromatic carbocycles. The van der Waals surface area contributed by atoms with Gasteiger partial charge in [-0.2, -0.15) is 0 Å². The van der Waals surface area contributed by atoms with Crippen LogP contribution >= 0.6 is 24.0 Å². The number of carbonyl (C=O) groups excluding carboxylic acids is 1. The average Bonchev–Trinajstić information content (AvgIpc) is 2.62. The highest BCUT2D eigenvalue weighted by molar-refractivity contribution is 14.0. The predicted molar refractivity (Wildman–Crippen MR) is 126 cm³/mol. The lowest BCUT2D eigenvalue weighted by Gasteiger charge is -2.34. The summed E-state index contributed by atoms with van der Waals surface area (Å²) in [7, 11) is 1.79. The molecule has 1 saturated heterocycles. The minimum Gasteiger partial charge on any atom is -0.444 e. The van der Waals surface area contributed by atoms with Gasteiger partial charge in [0.05, 0.1) is 0 Å². The van der Waals surface area contributed by atoms with Gasteiger partial charge in [-0.3, -0.25) is 4.99 Å². The van der Waals surface area contributed by atoms with Gasteiger partial charge in [0.2, 0.25) is 0 Å². The highest BCUT2D eigenvalue weighted by Crippen LogP contribution is 2.21. The maximum absolute atomic E-state index is 12.3. The fraction of sp³-hybridized carbons (Fsp3) is 0.900. The summed E-state index contributed by atoms with van der Waals surface area (Å²) in [6, 6.07) is 0. The normalized spacial score (nSPS) is 17.7. The number of rotatable bonds is 9. The Morgan fingerprint density at radius 2 is 1.93 bits per heavy atom. The average molecular weight is 512 g/mol. The Bertz CT molecular complexity index is 455. The number of halogens is 1. The number of piperidine rings is 1. The molecule has 0 aromatic heterocycles. The summed E-state index contributed by atoms with van der Waals surface area (Å²) in [5.41, 5.74) is -0.438. The number of nitrogens with one attached hydrogen (secondary N) is 2. The fourth-order valence-electron chi connectivity index (χ4n) is 3.09. The van der Waals surface area contributed by atoms with Gasteiger partial charge in [-0.05, 0) is 65.7 Å². The van der Waals surface area contributed by atoms with Gasteiger partial charge >= 0.3 is 6.09 Å². The van der Waals surface area contributed by atoms with Gasteiger partial charge in [0.15, 0.2) is 5.96 Å². The standard InChI is InChI=1S/C20H40N4O3.HI/c1-6-26-15-8-7-12-22-18(21-5)23-13-11-17-10-9-14-24(16-17)19(25)27-20(2,3)4;/h17H,6-16H2,1-5H3,(H2,21,22,23);1H. The SMILES string of the molecule is CCOCCCCNC(=NC)NCCC1CCCN(C(=O)OC(C)(C)C)C1.I. The minimum atomic E-state index is -0.438. The lowest BCUT2D eigenvalue weighted by atomic mass is 9.95. The van der Waals surface area contributed by atoms with Crippen molar-refractivity contribution in [2.75, 3.05) is 46.4 Å². The first-order valence-corrected chi connectivity index (χ1v) is 10.4. The molecule has 166 valence electrons. The highest BCUT2D eigenvalue weighted by Gasteiger charge is 2.27. The second kappa shape index (κ2) is 15.1. The Morgan fingerprint density at radius 1 is 1.21 bits per heavy atom. The van der Waals surface area contributed by atoms with E-state index in [9.17, 15) is 4.79 Å². The summed E-state index contributed by atoms with van der Waals surface area (Å²) >= 11 is 0. The van der Waals surface area contributed by atoms with E-state index in [1.54, 1.807) is 7.05 Å². The Hall–Kier alpha value is -0.770. The first-order valence-electron chi connectivity index (χ1n) is 10.4. The summed E-state index contributed by atoms with van der Waals surface area (Å²) < 4.78 is 10.8. The van der Waals surface area contributed by atoms with Crippen LogP contribution in [0.5, 0.6) is 0 Å². The van der Waals surface area contributed by atoms with E-state index in [1.165, 1.54) is 0 Å². The number of amides is 1. The van der Waals surface area contributed by atoms with Gasteiger partial charge in [0, 0.05) is 46.4 Å². The van der Waals surface area contributed by atoms with Crippen LogP contribution in [0, 0.1) is 5.92 Å². The summed E-state index contributed by atoms with van der Waals surface area (Å²) in [6.07, 6.45) is 5.14. The van der Waals surface area contributed by atoms with E-state index in [2.05, 4.69) is 15.6 Å². The lowest BCUT2D eigenvalue weighted by Crippen LogP contribution is -2.44. The summed E-state index contributed by atoms with van der Waals surface area (Å²) in [5, 5.41) is 6.71. The number of hydrogen-bond acceptors (Lipinski definition) is 4. The molecule has 1 rings (SSSR count). The molecule has 1 unspecified atom stereocenters. The fourth-order valence-corrected chi connectivity index (χ4v) is 3.09. The summed E-state index contributed by atoms with van der Waals surface area (Å²) in [4.78, 5) is 18.4. The molecule has 0 aliphatic carbocycles. The van der Waals surface area contributed by atoms with Crippen molar-refractivity contribution >= 4 is 36.0 Å². The van der Waals surface area contributed by atoms with Gasteiger partial charge in [0.1, 0.15) is 5.60 Å². The molecule has 2 N–H and O–H groups in total. The Kier molecular flexibility index (Phi) is 14.7. The van der Waals surface area contributed by atoms with E-state index in [0.717, 1.165) is 77.5 Å². The molecular weight excluding hydrogens is 471 g/mol. The molecule has 0 saturated carbocycles. The maximum Gasteiger partial charge on any atom is 0.410 e. The van der Waals surface area contributed by atoms with Crippen LogP contribution in [0.4, 0.5) is 4.79 Å². The topological polar surface area (TPSA) is 75.2 Å². The molecule has 0 radical (unpaired) electrons. The molecule has 0 spiro atoms. The Balaban J connectivity index is 0.00000729. The van der Waals surface area contributed by atoms with Gasteiger partial charge in [-0.1, -0.05) is 0 Å². The van der Waals surface area contributed by atoms with Crippen molar-refractivity contribution in [3.63, 3.8) is 0 Å². The van der Waals surface area contributed by atoms with Crippen LogP contribution in [0.2, 0.25) is 0 Å². The van der Waals surface area contributed by atoms with Gasteiger partial charge in [-0.25, -0.2) is 4.79 Å². The maximum atomic E-state index is 12.3. The number of guanidine groups is 1. The van der Waals surface area contributed by atoms with E-state index < -0.39 is 5.60 Å². The van der Waals surface area contributed by atoms with Crippen molar-refractivity contribution in [2.45, 2.75) is 65.4 Å². The van der Waals surface area contributed by atoms with Crippen LogP contribution in [0.1, 0.15) is 59.8 Å². The first-order chi connectivity index (χ1) is 12.9. The summed E-state index contributed by atoms with van der Waals surface area (Å²) in [6.45, 7) is 12.7. The largest absolute Gasteiger partial charge is 0.444 e. The van der Waals surface area contributed by atoms with Crippen molar-refractivity contribution in [2.24, 2.45) is 10.9 Å². The molecule has 1 atom stereocenters. The van der Waals surface area contributed by atoms with E-state index >= 15 is 0 Å². The van der Waals surface area contributed by atoms with E-state index in [1.807, 2.05) is 32.6 Å². The second-order valence-corrected chi connectivity index (χ2v) is 8.05. The van der Waals surface area contributed by atoms with E-state index in [0.29, 0.717) is 5.92 Å². The van der Waals surface area contributed by atoms with Crippen molar-refractivity contribution < 1.29 is 14.3 Å². The third-order valence-electron chi connectivity index (χ3n) is 4.45. The van der Waals surface area contributed by atoms with E-state index in [4.69, 9.17) is 9.47 Å². The minimum absolute atomic E-state index is 0. The first kappa shape index (κ1) is 27.2. The molecule has 0 bridgehead atoms.